The molecule has 4 bridgehead atoms. The van der Waals surface area contributed by atoms with Gasteiger partial charge in [-0.15, -0.1) is 10.2 Å². The molecule has 4 heteroatoms. The standard InChI is InChI=1S/C23H25N3O/c1-2-6-20(7-3-1)27-15-19-5-4-8-26-21(19)24-25-22(26)23-12-16-9-17(13-23)11-18(10-16)14-23/h1-8,16-18H,9-15H2. The van der Waals surface area contributed by atoms with Crippen molar-refractivity contribution in [2.75, 3.05) is 0 Å². The van der Waals surface area contributed by atoms with E-state index in [1.807, 2.05) is 30.3 Å². The highest BCUT2D eigenvalue weighted by molar-refractivity contribution is 5.48. The third-order valence-corrected chi connectivity index (χ3v) is 7.17. The van der Waals surface area contributed by atoms with Crippen molar-refractivity contribution in [1.29, 1.82) is 0 Å². The van der Waals surface area contributed by atoms with Crippen LogP contribution in [-0.2, 0) is 12.0 Å². The highest BCUT2D eigenvalue weighted by Crippen LogP contribution is 2.60. The van der Waals surface area contributed by atoms with Crippen molar-refractivity contribution >= 4 is 5.65 Å². The lowest BCUT2D eigenvalue weighted by molar-refractivity contribution is -0.00984. The first-order valence-corrected chi connectivity index (χ1v) is 10.3. The smallest absolute Gasteiger partial charge is 0.167 e. The van der Waals surface area contributed by atoms with Crippen LogP contribution in [0.25, 0.3) is 5.65 Å². The fourth-order valence-electron chi connectivity index (χ4n) is 6.51. The Morgan fingerprint density at radius 1 is 0.889 bits per heavy atom. The first kappa shape index (κ1) is 15.7. The van der Waals surface area contributed by atoms with Gasteiger partial charge in [0.2, 0.25) is 0 Å². The van der Waals surface area contributed by atoms with E-state index in [9.17, 15) is 0 Å². The Morgan fingerprint density at radius 2 is 1.59 bits per heavy atom. The summed E-state index contributed by atoms with van der Waals surface area (Å²) >= 11 is 0. The number of hydrogen-bond donors (Lipinski definition) is 0. The summed E-state index contributed by atoms with van der Waals surface area (Å²) in [7, 11) is 0. The van der Waals surface area contributed by atoms with Crippen LogP contribution in [-0.4, -0.2) is 14.6 Å². The largest absolute Gasteiger partial charge is 0.489 e. The highest BCUT2D eigenvalue weighted by Gasteiger charge is 2.53. The number of nitrogens with zero attached hydrogens (tertiary/aromatic N) is 3. The van der Waals surface area contributed by atoms with Crippen LogP contribution in [0.15, 0.2) is 48.7 Å². The fourth-order valence-corrected chi connectivity index (χ4v) is 6.51. The number of rotatable bonds is 4. The Kier molecular flexibility index (Phi) is 3.38. The summed E-state index contributed by atoms with van der Waals surface area (Å²) in [5.41, 5.74) is 2.32. The minimum Gasteiger partial charge on any atom is -0.489 e. The van der Waals surface area contributed by atoms with E-state index in [2.05, 4.69) is 27.8 Å². The molecule has 0 atom stereocenters. The summed E-state index contributed by atoms with van der Waals surface area (Å²) in [5.74, 6) is 4.83. The Balaban J connectivity index is 1.35. The van der Waals surface area contributed by atoms with E-state index >= 15 is 0 Å². The summed E-state index contributed by atoms with van der Waals surface area (Å²) < 4.78 is 8.24. The first-order chi connectivity index (χ1) is 13.3. The molecule has 0 radical (unpaired) electrons. The van der Waals surface area contributed by atoms with Gasteiger partial charge < -0.3 is 4.74 Å². The Hall–Kier alpha value is -2.36. The Morgan fingerprint density at radius 3 is 2.30 bits per heavy atom. The van der Waals surface area contributed by atoms with Gasteiger partial charge in [0.15, 0.2) is 5.65 Å². The topological polar surface area (TPSA) is 39.4 Å². The van der Waals surface area contributed by atoms with Gasteiger partial charge in [0.05, 0.1) is 0 Å². The van der Waals surface area contributed by atoms with Crippen molar-refractivity contribution in [3.63, 3.8) is 0 Å². The van der Waals surface area contributed by atoms with E-state index in [4.69, 9.17) is 9.84 Å². The molecule has 0 saturated heterocycles. The van der Waals surface area contributed by atoms with Gasteiger partial charge in [-0.05, 0) is 74.5 Å². The maximum Gasteiger partial charge on any atom is 0.167 e. The molecule has 0 unspecified atom stereocenters. The van der Waals surface area contributed by atoms with E-state index < -0.39 is 0 Å². The van der Waals surface area contributed by atoms with Gasteiger partial charge in [-0.25, -0.2) is 0 Å². The number of ether oxygens (including phenoxy) is 1. The van der Waals surface area contributed by atoms with E-state index in [0.717, 1.165) is 34.7 Å². The molecule has 3 aromatic rings. The number of fused-ring (bicyclic) bond motifs is 1. The van der Waals surface area contributed by atoms with Gasteiger partial charge in [0.25, 0.3) is 0 Å². The van der Waals surface area contributed by atoms with Gasteiger partial charge in [-0.2, -0.15) is 0 Å². The van der Waals surface area contributed by atoms with Crippen LogP contribution in [0.3, 0.4) is 0 Å². The molecule has 7 rings (SSSR count). The molecule has 0 amide bonds. The molecule has 4 nitrogen and oxygen atoms in total. The number of aromatic nitrogens is 3. The van der Waals surface area contributed by atoms with Crippen LogP contribution in [0.1, 0.15) is 49.9 Å². The lowest BCUT2D eigenvalue weighted by Crippen LogP contribution is -2.49. The molecule has 4 aliphatic rings. The summed E-state index contributed by atoms with van der Waals surface area (Å²) in [4.78, 5) is 0. The van der Waals surface area contributed by atoms with E-state index in [-0.39, 0.29) is 5.41 Å². The third kappa shape index (κ3) is 2.49. The average Bonchev–Trinajstić information content (AvgIpc) is 3.12. The second-order valence-corrected chi connectivity index (χ2v) is 9.05. The Labute approximate surface area is 159 Å². The average molecular weight is 359 g/mol. The zero-order valence-corrected chi connectivity index (χ0v) is 15.6. The maximum absolute atomic E-state index is 5.98. The number of para-hydroxylation sites is 1. The predicted octanol–water partition coefficient (Wildman–Crippen LogP) is 4.78. The van der Waals surface area contributed by atoms with Crippen molar-refractivity contribution in [1.82, 2.24) is 14.6 Å². The molecule has 27 heavy (non-hydrogen) atoms. The minimum atomic E-state index is 0.257. The molecule has 0 N–H and O–H groups in total. The molecular weight excluding hydrogens is 334 g/mol. The molecule has 2 heterocycles. The van der Waals surface area contributed by atoms with Gasteiger partial charge in [-0.3, -0.25) is 4.40 Å². The third-order valence-electron chi connectivity index (χ3n) is 7.17. The van der Waals surface area contributed by atoms with Crippen molar-refractivity contribution in [2.24, 2.45) is 17.8 Å². The van der Waals surface area contributed by atoms with Crippen LogP contribution in [0.2, 0.25) is 0 Å². The predicted molar refractivity (Wildman–Crippen MR) is 104 cm³/mol. The summed E-state index contributed by atoms with van der Waals surface area (Å²) in [5, 5.41) is 9.38. The second-order valence-electron chi connectivity index (χ2n) is 9.05. The molecule has 4 fully saturated rings. The van der Waals surface area contributed by atoms with Gasteiger partial charge in [-0.1, -0.05) is 24.3 Å². The van der Waals surface area contributed by atoms with Crippen molar-refractivity contribution in [3.05, 3.63) is 60.0 Å². The molecule has 4 saturated carbocycles. The molecule has 138 valence electrons. The maximum atomic E-state index is 5.98. The lowest BCUT2D eigenvalue weighted by Gasteiger charge is -2.55. The number of pyridine rings is 1. The van der Waals surface area contributed by atoms with Gasteiger partial charge in [0.1, 0.15) is 18.2 Å². The van der Waals surface area contributed by atoms with E-state index in [0.29, 0.717) is 6.61 Å². The first-order valence-electron chi connectivity index (χ1n) is 10.3. The SMILES string of the molecule is c1ccc(OCc2cccn3c(C45CC6CC(CC(C6)C4)C5)nnc23)cc1. The van der Waals surface area contributed by atoms with Crippen LogP contribution < -0.4 is 4.74 Å². The van der Waals surface area contributed by atoms with Crippen molar-refractivity contribution < 1.29 is 4.74 Å². The monoisotopic (exact) mass is 359 g/mol. The molecule has 1 aromatic carbocycles. The second kappa shape index (κ2) is 5.82. The Bertz CT molecular complexity index is 942. The highest BCUT2D eigenvalue weighted by atomic mass is 16.5. The molecule has 4 aliphatic carbocycles. The molecule has 2 aromatic heterocycles. The van der Waals surface area contributed by atoms with Crippen LogP contribution >= 0.6 is 0 Å². The minimum absolute atomic E-state index is 0.257. The van der Waals surface area contributed by atoms with E-state index in [1.165, 1.54) is 44.3 Å². The van der Waals surface area contributed by atoms with Gasteiger partial charge in [0, 0.05) is 17.2 Å². The molecular formula is C23H25N3O. The summed E-state index contributed by atoms with van der Waals surface area (Å²) in [6.45, 7) is 0.521. The van der Waals surface area contributed by atoms with Gasteiger partial charge >= 0.3 is 0 Å². The van der Waals surface area contributed by atoms with Crippen LogP contribution in [0.4, 0.5) is 0 Å². The zero-order chi connectivity index (χ0) is 17.8. The van der Waals surface area contributed by atoms with Crippen molar-refractivity contribution in [2.45, 2.75) is 50.5 Å². The summed E-state index contributed by atoms with van der Waals surface area (Å²) in [6, 6.07) is 14.2. The molecule has 0 aliphatic heterocycles. The lowest BCUT2D eigenvalue weighted by atomic mass is 9.49. The fraction of sp³-hybridized carbons (Fsp3) is 0.478. The number of hydrogen-bond acceptors (Lipinski definition) is 3. The van der Waals surface area contributed by atoms with Crippen molar-refractivity contribution in [3.8, 4) is 5.75 Å². The molecule has 0 spiro atoms. The quantitative estimate of drug-likeness (QED) is 0.673. The van der Waals surface area contributed by atoms with Crippen LogP contribution in [0, 0.1) is 17.8 Å². The normalized spacial score (nSPS) is 31.5. The van der Waals surface area contributed by atoms with Crippen LogP contribution in [0.5, 0.6) is 5.75 Å². The summed E-state index contributed by atoms with van der Waals surface area (Å²) in [6.07, 6.45) is 10.4. The number of benzene rings is 1. The zero-order valence-electron chi connectivity index (χ0n) is 15.6. The van der Waals surface area contributed by atoms with E-state index in [1.54, 1.807) is 0 Å².